The summed E-state index contributed by atoms with van der Waals surface area (Å²) in [5, 5.41) is 3.05. The Morgan fingerprint density at radius 1 is 1.14 bits per heavy atom. The molecule has 1 amide bonds. The predicted molar refractivity (Wildman–Crippen MR) is 91.5 cm³/mol. The second-order valence-electron chi connectivity index (χ2n) is 4.64. The fraction of sp³-hybridized carbons (Fsp3) is 0.588. The van der Waals surface area contributed by atoms with Crippen molar-refractivity contribution in [2.75, 3.05) is 25.9 Å². The molecule has 4 heteroatoms. The molecule has 1 fully saturated rings. The lowest BCUT2D eigenvalue weighted by Crippen LogP contribution is -2.43. The molecule has 0 aromatic heterocycles. The van der Waals surface area contributed by atoms with Crippen LogP contribution in [0.3, 0.4) is 0 Å². The van der Waals surface area contributed by atoms with E-state index in [-0.39, 0.29) is 11.9 Å². The Bertz CT molecular complexity index is 399. The summed E-state index contributed by atoms with van der Waals surface area (Å²) in [6, 6.07) is 7.46. The van der Waals surface area contributed by atoms with Gasteiger partial charge in [0.25, 0.3) is 5.91 Å². The molecular formula is C17H31N3O. The van der Waals surface area contributed by atoms with Gasteiger partial charge in [0.15, 0.2) is 0 Å². The molecule has 0 aliphatic carbocycles. The third-order valence-electron chi connectivity index (χ3n) is 3.26. The van der Waals surface area contributed by atoms with Crippen molar-refractivity contribution >= 4 is 11.6 Å². The summed E-state index contributed by atoms with van der Waals surface area (Å²) in [6.45, 7) is 10.1. The highest BCUT2D eigenvalue weighted by Gasteiger charge is 2.19. The number of benzene rings is 1. The van der Waals surface area contributed by atoms with Crippen molar-refractivity contribution in [1.29, 1.82) is 0 Å². The number of nitrogens with two attached hydrogens (primary N) is 1. The smallest absolute Gasteiger partial charge is 0.253 e. The van der Waals surface area contributed by atoms with Crippen LogP contribution in [0.2, 0.25) is 0 Å². The summed E-state index contributed by atoms with van der Waals surface area (Å²) in [6.07, 6.45) is 2.02. The normalized spacial score (nSPS) is 15.1. The minimum atomic E-state index is -0.0577. The van der Waals surface area contributed by atoms with E-state index >= 15 is 0 Å². The molecule has 1 aliphatic rings. The molecule has 0 spiro atoms. The summed E-state index contributed by atoms with van der Waals surface area (Å²) in [7, 11) is 2.10. The number of hydrogen-bond donors (Lipinski definition) is 2. The number of carbonyl (C=O) groups excluding carboxylic acids is 1. The topological polar surface area (TPSA) is 58.4 Å². The van der Waals surface area contributed by atoms with Crippen LogP contribution in [0.4, 0.5) is 5.69 Å². The van der Waals surface area contributed by atoms with Crippen LogP contribution in [0.1, 0.15) is 50.9 Å². The van der Waals surface area contributed by atoms with Crippen molar-refractivity contribution in [2.45, 2.75) is 46.6 Å². The molecule has 0 saturated carbocycles. The second kappa shape index (κ2) is 11.1. The third-order valence-corrected chi connectivity index (χ3v) is 3.26. The van der Waals surface area contributed by atoms with Gasteiger partial charge in [-0.15, -0.1) is 0 Å². The maximum atomic E-state index is 12.0. The van der Waals surface area contributed by atoms with Crippen LogP contribution in [0.15, 0.2) is 24.3 Å². The second-order valence-corrected chi connectivity index (χ2v) is 4.64. The zero-order chi connectivity index (χ0) is 16.3. The molecule has 3 N–H and O–H groups in total. The maximum absolute atomic E-state index is 12.0. The fourth-order valence-electron chi connectivity index (χ4n) is 2.12. The number of nitrogens with one attached hydrogen (secondary N) is 1. The number of piperidine rings is 1. The van der Waals surface area contributed by atoms with Gasteiger partial charge in [0.1, 0.15) is 0 Å². The molecule has 1 aromatic carbocycles. The van der Waals surface area contributed by atoms with Crippen LogP contribution >= 0.6 is 0 Å². The van der Waals surface area contributed by atoms with Gasteiger partial charge in [-0.2, -0.15) is 0 Å². The minimum Gasteiger partial charge on any atom is -0.398 e. The van der Waals surface area contributed by atoms with Crippen molar-refractivity contribution in [1.82, 2.24) is 10.2 Å². The molecule has 0 atom stereocenters. The largest absolute Gasteiger partial charge is 0.398 e. The van der Waals surface area contributed by atoms with Gasteiger partial charge in [-0.1, -0.05) is 39.8 Å². The van der Waals surface area contributed by atoms with Crippen LogP contribution in [0.5, 0.6) is 0 Å². The lowest BCUT2D eigenvalue weighted by molar-refractivity contribution is 0.0918. The highest BCUT2D eigenvalue weighted by molar-refractivity contribution is 5.99. The van der Waals surface area contributed by atoms with Crippen LogP contribution in [0.25, 0.3) is 0 Å². The number of nitrogens with zero attached hydrogens (tertiary/aromatic N) is 1. The first-order valence-electron chi connectivity index (χ1n) is 8.00. The number of nitrogen functional groups attached to an aromatic ring is 1. The molecule has 2 rings (SSSR count). The third kappa shape index (κ3) is 6.63. The monoisotopic (exact) mass is 293 g/mol. The zero-order valence-electron chi connectivity index (χ0n) is 14.1. The number of hydrogen-bond acceptors (Lipinski definition) is 3. The van der Waals surface area contributed by atoms with Crippen molar-refractivity contribution < 1.29 is 4.79 Å². The van der Waals surface area contributed by atoms with Gasteiger partial charge in [0.2, 0.25) is 0 Å². The van der Waals surface area contributed by atoms with Crippen LogP contribution in [0, 0.1) is 0 Å². The average molecular weight is 293 g/mol. The highest BCUT2D eigenvalue weighted by atomic mass is 16.1. The van der Waals surface area contributed by atoms with E-state index in [1.807, 2.05) is 39.8 Å². The standard InChI is InChI=1S/C13H19N3O.2C2H6/c1-16-8-6-10(7-9-16)15-13(17)11-4-2-3-5-12(11)14;2*1-2/h2-5,10H,6-9,14H2,1H3,(H,15,17);2*1-2H3. The minimum absolute atomic E-state index is 0.0577. The molecule has 1 aliphatic heterocycles. The van der Waals surface area contributed by atoms with Crippen molar-refractivity contribution in [3.63, 3.8) is 0 Å². The van der Waals surface area contributed by atoms with E-state index in [9.17, 15) is 4.79 Å². The molecule has 120 valence electrons. The van der Waals surface area contributed by atoms with E-state index in [0.717, 1.165) is 25.9 Å². The van der Waals surface area contributed by atoms with Crippen LogP contribution < -0.4 is 11.1 Å². The van der Waals surface area contributed by atoms with E-state index in [1.54, 1.807) is 12.1 Å². The predicted octanol–water partition coefficient (Wildman–Crippen LogP) is 3.15. The van der Waals surface area contributed by atoms with E-state index < -0.39 is 0 Å². The molecule has 1 aromatic rings. The average Bonchev–Trinajstić information content (AvgIpc) is 2.54. The lowest BCUT2D eigenvalue weighted by atomic mass is 10.0. The molecule has 0 radical (unpaired) electrons. The Kier molecular flexibility index (Phi) is 10.3. The number of amides is 1. The maximum Gasteiger partial charge on any atom is 0.253 e. The number of anilines is 1. The number of carbonyl (C=O) groups is 1. The summed E-state index contributed by atoms with van der Waals surface area (Å²) in [4.78, 5) is 14.3. The Balaban J connectivity index is 0.000000921. The fourth-order valence-corrected chi connectivity index (χ4v) is 2.12. The van der Waals surface area contributed by atoms with E-state index in [0.29, 0.717) is 11.3 Å². The van der Waals surface area contributed by atoms with Gasteiger partial charge < -0.3 is 16.0 Å². The number of para-hydroxylation sites is 1. The Morgan fingerprint density at radius 3 is 2.19 bits per heavy atom. The van der Waals surface area contributed by atoms with Gasteiger partial charge in [-0.3, -0.25) is 4.79 Å². The first kappa shape index (κ1) is 19.4. The van der Waals surface area contributed by atoms with Crippen molar-refractivity contribution in [3.8, 4) is 0 Å². The molecule has 1 saturated heterocycles. The molecular weight excluding hydrogens is 262 g/mol. The zero-order valence-corrected chi connectivity index (χ0v) is 14.1. The molecule has 1 heterocycles. The van der Waals surface area contributed by atoms with E-state index in [1.165, 1.54) is 0 Å². The van der Waals surface area contributed by atoms with E-state index in [2.05, 4.69) is 17.3 Å². The summed E-state index contributed by atoms with van der Waals surface area (Å²) >= 11 is 0. The summed E-state index contributed by atoms with van der Waals surface area (Å²) in [5.41, 5.74) is 6.89. The first-order chi connectivity index (χ1) is 10.2. The summed E-state index contributed by atoms with van der Waals surface area (Å²) in [5.74, 6) is -0.0577. The van der Waals surface area contributed by atoms with Crippen LogP contribution in [-0.4, -0.2) is 37.0 Å². The Morgan fingerprint density at radius 2 is 1.67 bits per heavy atom. The number of rotatable bonds is 2. The SMILES string of the molecule is CC.CC.CN1CCC(NC(=O)c2ccccc2N)CC1. The Hall–Kier alpha value is -1.55. The van der Waals surface area contributed by atoms with E-state index in [4.69, 9.17) is 5.73 Å². The van der Waals surface area contributed by atoms with Crippen LogP contribution in [-0.2, 0) is 0 Å². The van der Waals surface area contributed by atoms with Crippen molar-refractivity contribution in [2.24, 2.45) is 0 Å². The molecule has 0 unspecified atom stereocenters. The molecule has 21 heavy (non-hydrogen) atoms. The van der Waals surface area contributed by atoms with Gasteiger partial charge in [-0.05, 0) is 45.1 Å². The van der Waals surface area contributed by atoms with Gasteiger partial charge >= 0.3 is 0 Å². The van der Waals surface area contributed by atoms with Gasteiger partial charge in [0, 0.05) is 11.7 Å². The first-order valence-corrected chi connectivity index (χ1v) is 8.00. The van der Waals surface area contributed by atoms with Gasteiger partial charge in [-0.25, -0.2) is 0 Å². The Labute approximate surface area is 129 Å². The molecule has 4 nitrogen and oxygen atoms in total. The highest BCUT2D eigenvalue weighted by Crippen LogP contribution is 2.13. The number of likely N-dealkylation sites (tertiary alicyclic amines) is 1. The van der Waals surface area contributed by atoms with Gasteiger partial charge in [0.05, 0.1) is 5.56 Å². The molecule has 0 bridgehead atoms. The van der Waals surface area contributed by atoms with Crippen molar-refractivity contribution in [3.05, 3.63) is 29.8 Å². The quantitative estimate of drug-likeness (QED) is 0.824. The summed E-state index contributed by atoms with van der Waals surface area (Å²) < 4.78 is 0. The lowest BCUT2D eigenvalue weighted by Gasteiger charge is -2.29.